The maximum absolute atomic E-state index is 6.53. The Morgan fingerprint density at radius 3 is 2.68 bits per heavy atom. The van der Waals surface area contributed by atoms with E-state index in [4.69, 9.17) is 5.73 Å². The van der Waals surface area contributed by atoms with Crippen LogP contribution in [0.5, 0.6) is 0 Å². The van der Waals surface area contributed by atoms with Crippen molar-refractivity contribution < 1.29 is 0 Å². The molecule has 0 aliphatic carbocycles. The third-order valence-electron chi connectivity index (χ3n) is 3.57. The lowest BCUT2D eigenvalue weighted by Gasteiger charge is -2.32. The molecule has 1 aliphatic heterocycles. The highest BCUT2D eigenvalue weighted by Crippen LogP contribution is 2.37. The van der Waals surface area contributed by atoms with Crippen LogP contribution in [0.15, 0.2) is 24.3 Å². The van der Waals surface area contributed by atoms with Crippen LogP contribution in [0.3, 0.4) is 0 Å². The van der Waals surface area contributed by atoms with Crippen LogP contribution in [0, 0.1) is 5.92 Å². The van der Waals surface area contributed by atoms with Crippen LogP contribution in [-0.4, -0.2) is 22.0 Å². The minimum Gasteiger partial charge on any atom is -0.323 e. The summed E-state index contributed by atoms with van der Waals surface area (Å²) in [6.07, 6.45) is 1.14. The highest BCUT2D eigenvalue weighted by atomic mass is 32.2. The number of thioether (sulfide) groups is 2. The highest BCUT2D eigenvalue weighted by molar-refractivity contribution is 8.07. The van der Waals surface area contributed by atoms with Crippen molar-refractivity contribution in [3.8, 4) is 0 Å². The first-order valence-corrected chi connectivity index (χ1v) is 9.25. The summed E-state index contributed by atoms with van der Waals surface area (Å²) in [5.41, 5.74) is 9.26. The van der Waals surface area contributed by atoms with Crippen LogP contribution in [-0.2, 0) is 6.42 Å². The Labute approximate surface area is 126 Å². The first-order valence-electron chi connectivity index (χ1n) is 7.15. The van der Waals surface area contributed by atoms with E-state index in [9.17, 15) is 0 Å². The topological polar surface area (TPSA) is 26.0 Å². The molecule has 0 radical (unpaired) electrons. The molecule has 1 heterocycles. The Bertz CT molecular complexity index is 405. The van der Waals surface area contributed by atoms with E-state index in [-0.39, 0.29) is 6.04 Å². The summed E-state index contributed by atoms with van der Waals surface area (Å²) in [5.74, 6) is 3.20. The predicted octanol–water partition coefficient (Wildman–Crippen LogP) is 4.12. The van der Waals surface area contributed by atoms with Gasteiger partial charge in [-0.15, -0.1) is 0 Å². The van der Waals surface area contributed by atoms with Gasteiger partial charge in [-0.05, 0) is 23.5 Å². The summed E-state index contributed by atoms with van der Waals surface area (Å²) in [7, 11) is 0. The van der Waals surface area contributed by atoms with Crippen molar-refractivity contribution in [2.75, 3.05) is 11.5 Å². The monoisotopic (exact) mass is 295 g/mol. The molecule has 1 nitrogen and oxygen atoms in total. The maximum atomic E-state index is 6.53. The lowest BCUT2D eigenvalue weighted by atomic mass is 9.96. The zero-order valence-corrected chi connectivity index (χ0v) is 13.8. The fraction of sp³-hybridized carbons (Fsp3) is 0.625. The summed E-state index contributed by atoms with van der Waals surface area (Å²) < 4.78 is 0. The van der Waals surface area contributed by atoms with Gasteiger partial charge in [0.1, 0.15) is 0 Å². The van der Waals surface area contributed by atoms with Gasteiger partial charge < -0.3 is 5.73 Å². The molecule has 3 unspecified atom stereocenters. The number of rotatable bonds is 4. The van der Waals surface area contributed by atoms with Crippen molar-refractivity contribution in [1.82, 2.24) is 0 Å². The molecule has 0 spiro atoms. The standard InChI is InChI=1S/C16H25NS2/c1-11(2)9-13-5-4-6-14(10-13)15(17)16-12(3)18-7-8-19-16/h4-6,10-12,15-16H,7-9,17H2,1-3H3. The van der Waals surface area contributed by atoms with E-state index in [0.717, 1.165) is 6.42 Å². The van der Waals surface area contributed by atoms with Crippen molar-refractivity contribution >= 4 is 23.5 Å². The van der Waals surface area contributed by atoms with Crippen molar-refractivity contribution in [3.63, 3.8) is 0 Å². The number of hydrogen-bond donors (Lipinski definition) is 1. The number of hydrogen-bond acceptors (Lipinski definition) is 3. The SMILES string of the molecule is CC(C)Cc1cccc(C(N)C2SCCSC2C)c1. The smallest absolute Gasteiger partial charge is 0.0426 e. The van der Waals surface area contributed by atoms with Gasteiger partial charge in [-0.2, -0.15) is 23.5 Å². The van der Waals surface area contributed by atoms with Crippen molar-refractivity contribution in [2.24, 2.45) is 11.7 Å². The van der Waals surface area contributed by atoms with E-state index < -0.39 is 0 Å². The van der Waals surface area contributed by atoms with E-state index in [1.54, 1.807) is 0 Å². The molecule has 0 aromatic heterocycles. The van der Waals surface area contributed by atoms with Crippen LogP contribution in [0.1, 0.15) is 37.9 Å². The summed E-state index contributed by atoms with van der Waals surface area (Å²) in [6, 6.07) is 9.07. The van der Waals surface area contributed by atoms with E-state index in [1.807, 2.05) is 11.8 Å². The Morgan fingerprint density at radius 2 is 2.00 bits per heavy atom. The average molecular weight is 296 g/mol. The molecule has 3 heteroatoms. The molecule has 1 fully saturated rings. The molecule has 3 atom stereocenters. The first-order chi connectivity index (χ1) is 9.08. The van der Waals surface area contributed by atoms with Gasteiger partial charge in [-0.25, -0.2) is 0 Å². The van der Waals surface area contributed by atoms with E-state index in [2.05, 4.69) is 56.8 Å². The van der Waals surface area contributed by atoms with Gasteiger partial charge in [0.25, 0.3) is 0 Å². The maximum Gasteiger partial charge on any atom is 0.0426 e. The normalized spacial score (nSPS) is 25.5. The Kier molecular flexibility index (Phi) is 5.67. The van der Waals surface area contributed by atoms with E-state index >= 15 is 0 Å². The Morgan fingerprint density at radius 1 is 1.26 bits per heavy atom. The van der Waals surface area contributed by atoms with Crippen LogP contribution >= 0.6 is 23.5 Å². The van der Waals surface area contributed by atoms with Gasteiger partial charge in [-0.1, -0.05) is 45.0 Å². The lowest BCUT2D eigenvalue weighted by molar-refractivity contribution is 0.639. The molecular weight excluding hydrogens is 270 g/mol. The summed E-state index contributed by atoms with van der Waals surface area (Å²) in [4.78, 5) is 0. The second kappa shape index (κ2) is 7.05. The summed E-state index contributed by atoms with van der Waals surface area (Å²) in [6.45, 7) is 6.85. The third kappa shape index (κ3) is 4.17. The van der Waals surface area contributed by atoms with Crippen molar-refractivity contribution in [3.05, 3.63) is 35.4 Å². The molecule has 1 aromatic carbocycles. The highest BCUT2D eigenvalue weighted by Gasteiger charge is 2.29. The van der Waals surface area contributed by atoms with E-state index in [0.29, 0.717) is 16.4 Å². The molecular formula is C16H25NS2. The molecule has 1 saturated heterocycles. The van der Waals surface area contributed by atoms with Crippen molar-refractivity contribution in [2.45, 2.75) is 43.7 Å². The molecule has 19 heavy (non-hydrogen) atoms. The van der Waals surface area contributed by atoms with Crippen LogP contribution in [0.25, 0.3) is 0 Å². The largest absolute Gasteiger partial charge is 0.323 e. The van der Waals surface area contributed by atoms with Crippen molar-refractivity contribution in [1.29, 1.82) is 0 Å². The lowest BCUT2D eigenvalue weighted by Crippen LogP contribution is -2.34. The minimum absolute atomic E-state index is 0.167. The van der Waals surface area contributed by atoms with Gasteiger partial charge in [-0.3, -0.25) is 0 Å². The zero-order valence-electron chi connectivity index (χ0n) is 12.1. The Hall–Kier alpha value is -0.120. The molecule has 1 aliphatic rings. The summed E-state index contributed by atoms with van der Waals surface area (Å²) >= 11 is 4.11. The molecule has 1 aromatic rings. The second-order valence-electron chi connectivity index (χ2n) is 5.78. The minimum atomic E-state index is 0.167. The zero-order chi connectivity index (χ0) is 13.8. The molecule has 2 N–H and O–H groups in total. The van der Waals surface area contributed by atoms with Gasteiger partial charge in [0.05, 0.1) is 0 Å². The molecule has 0 amide bonds. The van der Waals surface area contributed by atoms with Gasteiger partial charge >= 0.3 is 0 Å². The molecule has 0 saturated carbocycles. The number of nitrogens with two attached hydrogens (primary N) is 1. The fourth-order valence-electron chi connectivity index (χ4n) is 2.63. The predicted molar refractivity (Wildman–Crippen MR) is 90.1 cm³/mol. The van der Waals surface area contributed by atoms with Crippen LogP contribution < -0.4 is 5.73 Å². The molecule has 0 bridgehead atoms. The van der Waals surface area contributed by atoms with Gasteiger partial charge in [0.2, 0.25) is 0 Å². The molecule has 106 valence electrons. The summed E-state index contributed by atoms with van der Waals surface area (Å²) in [5, 5.41) is 1.20. The van der Waals surface area contributed by atoms with E-state index in [1.165, 1.54) is 22.6 Å². The molecule has 2 rings (SSSR count). The second-order valence-corrected chi connectivity index (χ2v) is 8.55. The van der Waals surface area contributed by atoms with Crippen LogP contribution in [0.2, 0.25) is 0 Å². The first kappa shape index (κ1) is 15.3. The Balaban J connectivity index is 2.11. The van der Waals surface area contributed by atoms with Crippen LogP contribution in [0.4, 0.5) is 0 Å². The fourth-order valence-corrected chi connectivity index (χ4v) is 5.51. The quantitative estimate of drug-likeness (QED) is 0.905. The van der Waals surface area contributed by atoms with Gasteiger partial charge in [0.15, 0.2) is 0 Å². The average Bonchev–Trinajstić information content (AvgIpc) is 2.38. The van der Waals surface area contributed by atoms with Gasteiger partial charge in [0, 0.05) is 28.0 Å². The third-order valence-corrected chi connectivity index (χ3v) is 6.79. The number of benzene rings is 1.